The number of esters is 1. The summed E-state index contributed by atoms with van der Waals surface area (Å²) in [7, 11) is 0.789. The number of pyridine rings is 1. The van der Waals surface area contributed by atoms with E-state index in [1.807, 2.05) is 0 Å². The van der Waals surface area contributed by atoms with Crippen LogP contribution >= 0.6 is 15.9 Å². The van der Waals surface area contributed by atoms with Crippen molar-refractivity contribution in [1.82, 2.24) is 4.98 Å². The van der Waals surface area contributed by atoms with Crippen molar-refractivity contribution in [3.8, 4) is 5.75 Å². The Labute approximate surface area is 122 Å². The fourth-order valence-electron chi connectivity index (χ4n) is 1.41. The van der Waals surface area contributed by atoms with Gasteiger partial charge in [0, 0.05) is 10.9 Å². The number of hydrogen-bond acceptors (Lipinski definition) is 4. The summed E-state index contributed by atoms with van der Waals surface area (Å²) in [6.45, 7) is 0. The topological polar surface area (TPSA) is 48.4 Å². The predicted octanol–water partition coefficient (Wildman–Crippen LogP) is 3.68. The summed E-state index contributed by atoms with van der Waals surface area (Å²) in [5.41, 5.74) is -3.46. The molecule has 0 saturated heterocycles. The fraction of sp³-hybridized carbons (Fsp3) is 0.400. The molecule has 0 unspecified atom stereocenters. The number of carbonyl (C=O) groups excluding carboxylic acids is 1. The summed E-state index contributed by atoms with van der Waals surface area (Å²) in [6, 6.07) is 0. The van der Waals surface area contributed by atoms with Crippen LogP contribution in [0, 0.1) is 0 Å². The van der Waals surface area contributed by atoms with Crippen molar-refractivity contribution in [1.29, 1.82) is 0 Å². The number of alkyl halides is 7. The first-order chi connectivity index (χ1) is 9.51. The lowest BCUT2D eigenvalue weighted by molar-refractivity contribution is -0.275. The second kappa shape index (κ2) is 6.08. The lowest BCUT2D eigenvalue weighted by Crippen LogP contribution is -2.22. The summed E-state index contributed by atoms with van der Waals surface area (Å²) >= 11 is 2.71. The molecule has 4 nitrogen and oxygen atoms in total. The van der Waals surface area contributed by atoms with Crippen LogP contribution in [0.3, 0.4) is 0 Å². The molecule has 21 heavy (non-hydrogen) atoms. The molecule has 0 N–H and O–H groups in total. The highest BCUT2D eigenvalue weighted by Crippen LogP contribution is 2.37. The zero-order chi connectivity index (χ0) is 16.4. The van der Waals surface area contributed by atoms with E-state index in [0.29, 0.717) is 0 Å². The number of halogens is 7. The monoisotopic (exact) mass is 381 g/mol. The van der Waals surface area contributed by atoms with Crippen LogP contribution in [-0.2, 0) is 16.2 Å². The highest BCUT2D eigenvalue weighted by Gasteiger charge is 2.41. The predicted molar refractivity (Wildman–Crippen MR) is 59.9 cm³/mol. The average Bonchev–Trinajstić information content (AvgIpc) is 2.33. The Morgan fingerprint density at radius 3 is 2.24 bits per heavy atom. The van der Waals surface area contributed by atoms with Crippen LogP contribution in [0.25, 0.3) is 0 Å². The molecule has 0 fully saturated rings. The van der Waals surface area contributed by atoms with Crippen LogP contribution in [0.15, 0.2) is 6.20 Å². The van der Waals surface area contributed by atoms with Crippen molar-refractivity contribution < 1.29 is 40.6 Å². The van der Waals surface area contributed by atoms with Gasteiger partial charge in [-0.25, -0.2) is 9.78 Å². The molecule has 0 spiro atoms. The number of methoxy groups -OCH3 is 1. The highest BCUT2D eigenvalue weighted by atomic mass is 79.9. The van der Waals surface area contributed by atoms with Crippen LogP contribution in [0.4, 0.5) is 26.3 Å². The molecule has 0 aromatic carbocycles. The summed E-state index contributed by atoms with van der Waals surface area (Å²) in [5, 5.41) is -0.506. The van der Waals surface area contributed by atoms with Crippen molar-refractivity contribution >= 4 is 21.9 Å². The van der Waals surface area contributed by atoms with Gasteiger partial charge in [-0.3, -0.25) is 0 Å². The largest absolute Gasteiger partial charge is 0.573 e. The van der Waals surface area contributed by atoms with Gasteiger partial charge >= 0.3 is 18.5 Å². The second-order valence-electron chi connectivity index (χ2n) is 3.50. The van der Waals surface area contributed by atoms with Crippen LogP contribution in [-0.4, -0.2) is 24.4 Å². The molecule has 1 heterocycles. The zero-order valence-electron chi connectivity index (χ0n) is 10.1. The molecule has 1 aromatic rings. The molecule has 0 atom stereocenters. The van der Waals surface area contributed by atoms with Crippen molar-refractivity contribution in [3.63, 3.8) is 0 Å². The number of rotatable bonds is 3. The standard InChI is InChI=1S/C10H6BrF6NO3/c1-20-8(19)6-4(2-11)5(21-10(15,16)17)3-18-7(6)9(12,13)14/h3H,2H2,1H3. The van der Waals surface area contributed by atoms with E-state index in [-0.39, 0.29) is 6.20 Å². The van der Waals surface area contributed by atoms with E-state index >= 15 is 0 Å². The van der Waals surface area contributed by atoms with E-state index in [1.54, 1.807) is 0 Å². The first-order valence-electron chi connectivity index (χ1n) is 5.00. The first-order valence-corrected chi connectivity index (χ1v) is 6.12. The summed E-state index contributed by atoms with van der Waals surface area (Å²) in [6.07, 6.45) is -9.94. The van der Waals surface area contributed by atoms with Gasteiger partial charge in [0.2, 0.25) is 0 Å². The van der Waals surface area contributed by atoms with E-state index in [2.05, 4.69) is 30.4 Å². The lowest BCUT2D eigenvalue weighted by Gasteiger charge is -2.17. The smallest absolute Gasteiger partial charge is 0.465 e. The number of ether oxygens (including phenoxy) is 2. The number of nitrogens with zero attached hydrogens (tertiary/aromatic N) is 1. The molecule has 1 rings (SSSR count). The van der Waals surface area contributed by atoms with E-state index in [9.17, 15) is 31.1 Å². The summed E-state index contributed by atoms with van der Waals surface area (Å²) < 4.78 is 82.7. The Kier molecular flexibility index (Phi) is 5.07. The second-order valence-corrected chi connectivity index (χ2v) is 4.06. The first kappa shape index (κ1) is 17.5. The Morgan fingerprint density at radius 1 is 1.29 bits per heavy atom. The van der Waals surface area contributed by atoms with Crippen molar-refractivity contribution in [2.24, 2.45) is 0 Å². The number of hydrogen-bond donors (Lipinski definition) is 0. The van der Waals surface area contributed by atoms with Gasteiger partial charge in [0.15, 0.2) is 11.4 Å². The quantitative estimate of drug-likeness (QED) is 0.455. The summed E-state index contributed by atoms with van der Waals surface area (Å²) in [5.74, 6) is -2.50. The van der Waals surface area contributed by atoms with Crippen molar-refractivity contribution in [3.05, 3.63) is 23.0 Å². The van der Waals surface area contributed by atoms with Crippen LogP contribution in [0.1, 0.15) is 21.6 Å². The van der Waals surface area contributed by atoms with Gasteiger partial charge in [-0.2, -0.15) is 13.2 Å². The normalized spacial score (nSPS) is 12.2. The van der Waals surface area contributed by atoms with Gasteiger partial charge in [-0.05, 0) is 0 Å². The Balaban J connectivity index is 3.58. The minimum Gasteiger partial charge on any atom is -0.465 e. The number of carbonyl (C=O) groups is 1. The Hall–Kier alpha value is -1.52. The zero-order valence-corrected chi connectivity index (χ0v) is 11.7. The molecule has 118 valence electrons. The maximum Gasteiger partial charge on any atom is 0.573 e. The SMILES string of the molecule is COC(=O)c1c(C(F)(F)F)ncc(OC(F)(F)F)c1CBr. The molecule has 0 aliphatic rings. The molecule has 0 radical (unpaired) electrons. The Morgan fingerprint density at radius 2 is 1.86 bits per heavy atom. The van der Waals surface area contributed by atoms with Crippen LogP contribution < -0.4 is 4.74 Å². The highest BCUT2D eigenvalue weighted by molar-refractivity contribution is 9.08. The van der Waals surface area contributed by atoms with Gasteiger partial charge in [0.1, 0.15) is 0 Å². The van der Waals surface area contributed by atoms with E-state index in [0.717, 1.165) is 7.11 Å². The van der Waals surface area contributed by atoms with Crippen LogP contribution in [0.2, 0.25) is 0 Å². The molecule has 0 bridgehead atoms. The van der Waals surface area contributed by atoms with Gasteiger partial charge in [0.25, 0.3) is 0 Å². The van der Waals surface area contributed by atoms with E-state index < -0.39 is 46.4 Å². The molecular formula is C10H6BrF6NO3. The van der Waals surface area contributed by atoms with Gasteiger partial charge in [0.05, 0.1) is 18.9 Å². The van der Waals surface area contributed by atoms with Gasteiger partial charge in [-0.15, -0.1) is 13.2 Å². The minimum absolute atomic E-state index is 0.249. The minimum atomic E-state index is -5.15. The van der Waals surface area contributed by atoms with Crippen LogP contribution in [0.5, 0.6) is 5.75 Å². The van der Waals surface area contributed by atoms with Gasteiger partial charge < -0.3 is 9.47 Å². The fourth-order valence-corrected chi connectivity index (χ4v) is 1.97. The molecular weight excluding hydrogens is 376 g/mol. The third kappa shape index (κ3) is 4.22. The molecule has 0 aliphatic heterocycles. The van der Waals surface area contributed by atoms with Crippen molar-refractivity contribution in [2.45, 2.75) is 17.9 Å². The maximum absolute atomic E-state index is 12.8. The molecule has 0 saturated carbocycles. The summed E-state index contributed by atoms with van der Waals surface area (Å²) in [4.78, 5) is 14.3. The third-order valence-corrected chi connectivity index (χ3v) is 2.72. The Bertz CT molecular complexity index is 543. The van der Waals surface area contributed by atoms with E-state index in [1.165, 1.54) is 0 Å². The number of aromatic nitrogens is 1. The molecule has 11 heteroatoms. The molecule has 1 aromatic heterocycles. The third-order valence-electron chi connectivity index (χ3n) is 2.16. The van der Waals surface area contributed by atoms with Crippen molar-refractivity contribution in [2.75, 3.05) is 7.11 Å². The molecule has 0 amide bonds. The lowest BCUT2D eigenvalue weighted by atomic mass is 10.1. The molecule has 0 aliphatic carbocycles. The average molecular weight is 382 g/mol. The van der Waals surface area contributed by atoms with Gasteiger partial charge in [-0.1, -0.05) is 15.9 Å². The maximum atomic E-state index is 12.8. The van der Waals surface area contributed by atoms with E-state index in [4.69, 9.17) is 0 Å².